The predicted octanol–water partition coefficient (Wildman–Crippen LogP) is 0.964. The molecule has 1 fully saturated rings. The maximum atomic E-state index is 5.53. The number of hydrogen-bond donors (Lipinski definition) is 0. The first-order valence-corrected chi connectivity index (χ1v) is 5.89. The molecule has 2 heterocycles. The molecule has 0 N–H and O–H groups in total. The summed E-state index contributed by atoms with van der Waals surface area (Å²) in [7, 11) is 0. The van der Waals surface area contributed by atoms with Crippen LogP contribution in [-0.2, 0) is 11.3 Å². The lowest BCUT2D eigenvalue weighted by molar-refractivity contribution is 0.0912. The van der Waals surface area contributed by atoms with Crippen molar-refractivity contribution in [3.63, 3.8) is 0 Å². The number of rotatable bonds is 4. The number of tetrazole rings is 1. The Labute approximate surface area is 87.2 Å². The molecule has 2 rings (SSSR count). The molecule has 1 atom stereocenters. The quantitative estimate of drug-likeness (QED) is 0.699. The maximum Gasteiger partial charge on any atom is 0.209 e. The lowest BCUT2D eigenvalue weighted by atomic mass is 10.2. The monoisotopic (exact) mass is 214 g/mol. The molecular weight excluding hydrogens is 200 g/mol. The molecule has 0 aromatic carbocycles. The van der Waals surface area contributed by atoms with E-state index in [1.807, 2.05) is 4.68 Å². The molecule has 1 aliphatic heterocycles. The summed E-state index contributed by atoms with van der Waals surface area (Å²) in [6.07, 6.45) is 2.58. The molecule has 0 spiro atoms. The minimum absolute atomic E-state index is 0.301. The second-order valence-corrected chi connectivity index (χ2v) is 4.44. The molecule has 1 aromatic rings. The smallest absolute Gasteiger partial charge is 0.209 e. The van der Waals surface area contributed by atoms with Gasteiger partial charge in [-0.2, -0.15) is 0 Å². The number of ether oxygens (including phenoxy) is 1. The van der Waals surface area contributed by atoms with E-state index in [4.69, 9.17) is 4.74 Å². The first kappa shape index (κ1) is 9.92. The van der Waals surface area contributed by atoms with Gasteiger partial charge in [0.05, 0.1) is 12.6 Å². The van der Waals surface area contributed by atoms with Gasteiger partial charge in [-0.25, -0.2) is 4.68 Å². The lowest BCUT2D eigenvalue weighted by Gasteiger charge is -2.09. The van der Waals surface area contributed by atoms with Gasteiger partial charge in [-0.15, -0.1) is 5.10 Å². The van der Waals surface area contributed by atoms with Crippen molar-refractivity contribution in [1.29, 1.82) is 0 Å². The molecule has 0 amide bonds. The van der Waals surface area contributed by atoms with Crippen molar-refractivity contribution in [2.75, 3.05) is 12.4 Å². The summed E-state index contributed by atoms with van der Waals surface area (Å²) in [5.74, 6) is 0.992. The molecule has 78 valence electrons. The van der Waals surface area contributed by atoms with Crippen molar-refractivity contribution >= 4 is 11.8 Å². The van der Waals surface area contributed by atoms with Gasteiger partial charge in [0.1, 0.15) is 0 Å². The molecule has 0 unspecified atom stereocenters. The van der Waals surface area contributed by atoms with Crippen LogP contribution in [0.15, 0.2) is 5.16 Å². The van der Waals surface area contributed by atoms with Gasteiger partial charge in [-0.05, 0) is 29.0 Å². The molecule has 0 aliphatic carbocycles. The van der Waals surface area contributed by atoms with Gasteiger partial charge in [-0.3, -0.25) is 0 Å². The van der Waals surface area contributed by atoms with Gasteiger partial charge in [0.2, 0.25) is 5.16 Å². The Kier molecular flexibility index (Phi) is 3.36. The van der Waals surface area contributed by atoms with Crippen LogP contribution in [0.1, 0.15) is 19.8 Å². The minimum atomic E-state index is 0.301. The van der Waals surface area contributed by atoms with Crippen LogP contribution in [0.5, 0.6) is 0 Å². The second-order valence-electron chi connectivity index (χ2n) is 3.21. The van der Waals surface area contributed by atoms with E-state index in [-0.39, 0.29) is 0 Å². The van der Waals surface area contributed by atoms with Crippen LogP contribution in [0.2, 0.25) is 0 Å². The van der Waals surface area contributed by atoms with Crippen molar-refractivity contribution in [2.24, 2.45) is 0 Å². The summed E-state index contributed by atoms with van der Waals surface area (Å²) < 4.78 is 7.37. The highest BCUT2D eigenvalue weighted by atomic mass is 32.2. The van der Waals surface area contributed by atoms with Crippen molar-refractivity contribution in [3.05, 3.63) is 0 Å². The summed E-state index contributed by atoms with van der Waals surface area (Å²) in [4.78, 5) is 0. The summed E-state index contributed by atoms with van der Waals surface area (Å²) in [6.45, 7) is 3.76. The molecule has 0 saturated carbocycles. The van der Waals surface area contributed by atoms with Crippen molar-refractivity contribution in [1.82, 2.24) is 20.2 Å². The first-order valence-electron chi connectivity index (χ1n) is 4.90. The van der Waals surface area contributed by atoms with Crippen LogP contribution in [-0.4, -0.2) is 38.7 Å². The third-order valence-electron chi connectivity index (χ3n) is 2.17. The van der Waals surface area contributed by atoms with E-state index in [9.17, 15) is 0 Å². The molecule has 0 bridgehead atoms. The zero-order chi connectivity index (χ0) is 9.80. The molecule has 1 aromatic heterocycles. The summed E-state index contributed by atoms with van der Waals surface area (Å²) >= 11 is 1.66. The highest BCUT2D eigenvalue weighted by molar-refractivity contribution is 7.99. The Morgan fingerprint density at radius 2 is 2.57 bits per heavy atom. The Morgan fingerprint density at radius 3 is 3.29 bits per heavy atom. The van der Waals surface area contributed by atoms with E-state index in [0.29, 0.717) is 6.10 Å². The van der Waals surface area contributed by atoms with E-state index < -0.39 is 0 Å². The standard InChI is InChI=1S/C8H14N4OS/c1-2-14-8-9-10-11-12(8)6-7-4-3-5-13-7/h7H,2-6H2,1H3/t7-/m1/s1. The average molecular weight is 214 g/mol. The molecule has 14 heavy (non-hydrogen) atoms. The Bertz CT molecular complexity index is 285. The predicted molar refractivity (Wildman–Crippen MR) is 53.2 cm³/mol. The SMILES string of the molecule is CCSc1nnnn1C[C@H]1CCCO1. The average Bonchev–Trinajstić information content (AvgIpc) is 2.80. The van der Waals surface area contributed by atoms with Crippen LogP contribution in [0, 0.1) is 0 Å². The van der Waals surface area contributed by atoms with Crippen LogP contribution in [0.3, 0.4) is 0 Å². The van der Waals surface area contributed by atoms with Crippen molar-refractivity contribution in [2.45, 2.75) is 37.6 Å². The molecule has 1 saturated heterocycles. The van der Waals surface area contributed by atoms with Gasteiger partial charge >= 0.3 is 0 Å². The van der Waals surface area contributed by atoms with E-state index in [2.05, 4.69) is 22.4 Å². The Balaban J connectivity index is 1.96. The molecule has 0 radical (unpaired) electrons. The zero-order valence-corrected chi connectivity index (χ0v) is 9.03. The third kappa shape index (κ3) is 2.24. The summed E-state index contributed by atoms with van der Waals surface area (Å²) in [5.41, 5.74) is 0. The first-order chi connectivity index (χ1) is 6.90. The maximum absolute atomic E-state index is 5.53. The van der Waals surface area contributed by atoms with E-state index in [0.717, 1.165) is 36.9 Å². The fourth-order valence-electron chi connectivity index (χ4n) is 1.52. The molecule has 5 nitrogen and oxygen atoms in total. The normalized spacial score (nSPS) is 21.6. The largest absolute Gasteiger partial charge is 0.376 e. The highest BCUT2D eigenvalue weighted by Crippen LogP contribution is 2.17. The van der Waals surface area contributed by atoms with E-state index in [1.165, 1.54) is 0 Å². The third-order valence-corrected chi connectivity index (χ3v) is 3.01. The van der Waals surface area contributed by atoms with Crippen LogP contribution in [0.25, 0.3) is 0 Å². The number of nitrogens with zero attached hydrogens (tertiary/aromatic N) is 4. The van der Waals surface area contributed by atoms with E-state index >= 15 is 0 Å². The summed E-state index contributed by atoms with van der Waals surface area (Å²) in [5, 5.41) is 12.5. The van der Waals surface area contributed by atoms with Crippen LogP contribution in [0.4, 0.5) is 0 Å². The van der Waals surface area contributed by atoms with Gasteiger partial charge in [0.15, 0.2) is 0 Å². The highest BCUT2D eigenvalue weighted by Gasteiger charge is 2.18. The number of aromatic nitrogens is 4. The lowest BCUT2D eigenvalue weighted by Crippen LogP contribution is -2.16. The summed E-state index contributed by atoms with van der Waals surface area (Å²) in [6, 6.07) is 0. The molecule has 1 aliphatic rings. The van der Waals surface area contributed by atoms with Crippen LogP contribution >= 0.6 is 11.8 Å². The second kappa shape index (κ2) is 4.75. The minimum Gasteiger partial charge on any atom is -0.376 e. The van der Waals surface area contributed by atoms with Crippen molar-refractivity contribution in [3.8, 4) is 0 Å². The fourth-order valence-corrected chi connectivity index (χ4v) is 2.14. The zero-order valence-electron chi connectivity index (χ0n) is 8.22. The van der Waals surface area contributed by atoms with Gasteiger partial charge in [-0.1, -0.05) is 18.7 Å². The Morgan fingerprint density at radius 1 is 1.64 bits per heavy atom. The number of hydrogen-bond acceptors (Lipinski definition) is 5. The molecular formula is C8H14N4OS. The van der Waals surface area contributed by atoms with Gasteiger partial charge < -0.3 is 4.74 Å². The molecule has 6 heteroatoms. The van der Waals surface area contributed by atoms with Crippen molar-refractivity contribution < 1.29 is 4.74 Å². The Hall–Kier alpha value is -0.620. The van der Waals surface area contributed by atoms with E-state index in [1.54, 1.807) is 11.8 Å². The number of thioether (sulfide) groups is 1. The van der Waals surface area contributed by atoms with Gasteiger partial charge in [0.25, 0.3) is 0 Å². The fraction of sp³-hybridized carbons (Fsp3) is 0.875. The van der Waals surface area contributed by atoms with Crippen LogP contribution < -0.4 is 0 Å². The topological polar surface area (TPSA) is 52.8 Å². The van der Waals surface area contributed by atoms with Gasteiger partial charge in [0, 0.05) is 6.61 Å².